The fourth-order valence-electron chi connectivity index (χ4n) is 3.83. The molecule has 1 aliphatic heterocycles. The molecule has 0 aliphatic carbocycles. The molecule has 1 saturated heterocycles. The van der Waals surface area contributed by atoms with E-state index in [0.29, 0.717) is 25.4 Å². The predicted molar refractivity (Wildman–Crippen MR) is 110 cm³/mol. The molecule has 4 rings (SSSR count). The Morgan fingerprint density at radius 3 is 2.97 bits per heavy atom. The number of fused-ring (bicyclic) bond motifs is 1. The zero-order valence-electron chi connectivity index (χ0n) is 16.7. The topological polar surface area (TPSA) is 107 Å². The standard InChI is InChI=1S/C21H26N6O2/c1-13(2)11-27-12-15(9-19(27)28)20(29)24-21-23-18(25-26-21)8-7-14-10-22-17-6-4-3-5-16(14)17/h3-6,10,13,15,22H,7-9,11-12H2,1-2H3,(H2,23,24,25,26,29)/t15-/m0/s1. The van der Waals surface area contributed by atoms with Crippen molar-refractivity contribution in [2.24, 2.45) is 11.8 Å². The first-order valence-electron chi connectivity index (χ1n) is 10.0. The molecule has 2 aromatic heterocycles. The van der Waals surface area contributed by atoms with E-state index >= 15 is 0 Å². The number of aromatic amines is 2. The summed E-state index contributed by atoms with van der Waals surface area (Å²) in [4.78, 5) is 34.0. The molecule has 29 heavy (non-hydrogen) atoms. The second-order valence-electron chi connectivity index (χ2n) is 8.05. The average molecular weight is 394 g/mol. The lowest BCUT2D eigenvalue weighted by Crippen LogP contribution is -2.31. The fourth-order valence-corrected chi connectivity index (χ4v) is 3.83. The molecular weight excluding hydrogens is 368 g/mol. The van der Waals surface area contributed by atoms with Gasteiger partial charge in [-0.15, -0.1) is 5.10 Å². The number of hydrogen-bond donors (Lipinski definition) is 3. The smallest absolute Gasteiger partial charge is 0.248 e. The van der Waals surface area contributed by atoms with Gasteiger partial charge in [0.15, 0.2) is 0 Å². The number of anilines is 1. The number of amides is 2. The maximum absolute atomic E-state index is 12.5. The zero-order chi connectivity index (χ0) is 20.4. The van der Waals surface area contributed by atoms with Crippen molar-refractivity contribution in [3.8, 4) is 0 Å². The Bertz CT molecular complexity index is 1020. The summed E-state index contributed by atoms with van der Waals surface area (Å²) in [7, 11) is 0. The molecule has 1 aromatic carbocycles. The van der Waals surface area contributed by atoms with Crippen LogP contribution >= 0.6 is 0 Å². The van der Waals surface area contributed by atoms with Crippen LogP contribution in [0.15, 0.2) is 30.5 Å². The van der Waals surface area contributed by atoms with Gasteiger partial charge >= 0.3 is 0 Å². The molecule has 0 saturated carbocycles. The van der Waals surface area contributed by atoms with E-state index in [-0.39, 0.29) is 30.1 Å². The van der Waals surface area contributed by atoms with Crippen molar-refractivity contribution in [3.05, 3.63) is 41.9 Å². The number of para-hydroxylation sites is 1. The molecule has 0 unspecified atom stereocenters. The van der Waals surface area contributed by atoms with E-state index in [9.17, 15) is 9.59 Å². The van der Waals surface area contributed by atoms with Gasteiger partial charge in [-0.2, -0.15) is 4.98 Å². The molecule has 0 spiro atoms. The minimum atomic E-state index is -0.352. The van der Waals surface area contributed by atoms with Crippen molar-refractivity contribution in [2.75, 3.05) is 18.4 Å². The van der Waals surface area contributed by atoms with Crippen LogP contribution in [0.5, 0.6) is 0 Å². The third-order valence-electron chi connectivity index (χ3n) is 5.24. The fraction of sp³-hybridized carbons (Fsp3) is 0.429. The molecular formula is C21H26N6O2. The van der Waals surface area contributed by atoms with Gasteiger partial charge in [0.1, 0.15) is 5.82 Å². The largest absolute Gasteiger partial charge is 0.361 e. The van der Waals surface area contributed by atoms with E-state index in [1.807, 2.05) is 18.3 Å². The second kappa shape index (κ2) is 8.06. The minimum Gasteiger partial charge on any atom is -0.361 e. The van der Waals surface area contributed by atoms with Gasteiger partial charge in [0, 0.05) is 43.0 Å². The lowest BCUT2D eigenvalue weighted by molar-refractivity contribution is -0.128. The second-order valence-corrected chi connectivity index (χ2v) is 8.05. The molecule has 152 valence electrons. The van der Waals surface area contributed by atoms with Crippen molar-refractivity contribution in [1.82, 2.24) is 25.1 Å². The van der Waals surface area contributed by atoms with Crippen LogP contribution in [0.4, 0.5) is 5.95 Å². The van der Waals surface area contributed by atoms with Crippen molar-refractivity contribution >= 4 is 28.7 Å². The lowest BCUT2D eigenvalue weighted by atomic mass is 10.1. The zero-order valence-corrected chi connectivity index (χ0v) is 16.7. The van der Waals surface area contributed by atoms with Crippen molar-refractivity contribution < 1.29 is 9.59 Å². The summed E-state index contributed by atoms with van der Waals surface area (Å²) >= 11 is 0. The number of likely N-dealkylation sites (tertiary alicyclic amines) is 1. The maximum Gasteiger partial charge on any atom is 0.248 e. The summed E-state index contributed by atoms with van der Waals surface area (Å²) < 4.78 is 0. The van der Waals surface area contributed by atoms with Gasteiger partial charge in [-0.1, -0.05) is 32.0 Å². The van der Waals surface area contributed by atoms with Gasteiger partial charge in [-0.05, 0) is 24.0 Å². The molecule has 1 atom stereocenters. The summed E-state index contributed by atoms with van der Waals surface area (Å²) in [5.74, 6) is 0.844. The first-order valence-corrected chi connectivity index (χ1v) is 10.0. The first kappa shape index (κ1) is 19.2. The van der Waals surface area contributed by atoms with Crippen LogP contribution in [0.1, 0.15) is 31.7 Å². The van der Waals surface area contributed by atoms with Gasteiger partial charge in [0.2, 0.25) is 17.8 Å². The molecule has 2 amide bonds. The minimum absolute atomic E-state index is 0.0354. The van der Waals surface area contributed by atoms with Gasteiger partial charge in [0.05, 0.1) is 5.92 Å². The Labute approximate surface area is 169 Å². The van der Waals surface area contributed by atoms with Gasteiger partial charge in [-0.3, -0.25) is 20.0 Å². The number of nitrogens with zero attached hydrogens (tertiary/aromatic N) is 3. The highest BCUT2D eigenvalue weighted by Gasteiger charge is 2.34. The van der Waals surface area contributed by atoms with E-state index in [1.165, 1.54) is 10.9 Å². The summed E-state index contributed by atoms with van der Waals surface area (Å²) in [5.41, 5.74) is 2.34. The summed E-state index contributed by atoms with van der Waals surface area (Å²) in [5, 5.41) is 10.9. The number of nitrogens with one attached hydrogen (secondary N) is 3. The number of aromatic nitrogens is 4. The van der Waals surface area contributed by atoms with E-state index in [4.69, 9.17) is 0 Å². The number of rotatable bonds is 7. The van der Waals surface area contributed by atoms with Crippen LogP contribution < -0.4 is 5.32 Å². The highest BCUT2D eigenvalue weighted by atomic mass is 16.2. The Kier molecular flexibility index (Phi) is 5.33. The van der Waals surface area contributed by atoms with Gasteiger partial charge in [0.25, 0.3) is 0 Å². The Morgan fingerprint density at radius 1 is 1.31 bits per heavy atom. The highest BCUT2D eigenvalue weighted by molar-refractivity contribution is 5.96. The third kappa shape index (κ3) is 4.31. The highest BCUT2D eigenvalue weighted by Crippen LogP contribution is 2.21. The van der Waals surface area contributed by atoms with Crippen LogP contribution in [0, 0.1) is 11.8 Å². The van der Waals surface area contributed by atoms with E-state index in [1.54, 1.807) is 4.90 Å². The quantitative estimate of drug-likeness (QED) is 0.572. The Balaban J connectivity index is 1.32. The number of aryl methyl sites for hydroxylation is 2. The van der Waals surface area contributed by atoms with Crippen LogP contribution in [0.25, 0.3) is 10.9 Å². The normalized spacial score (nSPS) is 16.9. The number of hydrogen-bond acceptors (Lipinski definition) is 4. The predicted octanol–water partition coefficient (Wildman–Crippen LogP) is 2.51. The summed E-state index contributed by atoms with van der Waals surface area (Å²) in [6.45, 7) is 5.26. The van der Waals surface area contributed by atoms with Gasteiger partial charge in [-0.25, -0.2) is 0 Å². The molecule has 0 bridgehead atoms. The molecule has 0 radical (unpaired) electrons. The lowest BCUT2D eigenvalue weighted by Gasteiger charge is -2.18. The molecule has 8 heteroatoms. The van der Waals surface area contributed by atoms with Crippen LogP contribution in [0.3, 0.4) is 0 Å². The van der Waals surface area contributed by atoms with Crippen LogP contribution in [0.2, 0.25) is 0 Å². The summed E-state index contributed by atoms with van der Waals surface area (Å²) in [6.07, 6.45) is 3.77. The van der Waals surface area contributed by atoms with Crippen LogP contribution in [-0.4, -0.2) is 50.0 Å². The van der Waals surface area contributed by atoms with Crippen LogP contribution in [-0.2, 0) is 22.4 Å². The SMILES string of the molecule is CC(C)CN1C[C@@H](C(=O)Nc2n[nH]c(CCc3c[nH]c4ccccc34)n2)CC1=O. The van der Waals surface area contributed by atoms with Crippen molar-refractivity contribution in [3.63, 3.8) is 0 Å². The number of carbonyl (C=O) groups is 2. The van der Waals surface area contributed by atoms with Crippen molar-refractivity contribution in [2.45, 2.75) is 33.1 Å². The van der Waals surface area contributed by atoms with E-state index in [0.717, 1.165) is 17.8 Å². The average Bonchev–Trinajstić information content (AvgIpc) is 3.39. The summed E-state index contributed by atoms with van der Waals surface area (Å²) in [6, 6.07) is 8.18. The molecule has 8 nitrogen and oxygen atoms in total. The Hall–Kier alpha value is -3.16. The maximum atomic E-state index is 12.5. The van der Waals surface area contributed by atoms with E-state index < -0.39 is 0 Å². The molecule has 3 heterocycles. The molecule has 3 aromatic rings. The first-order chi connectivity index (χ1) is 14.0. The Morgan fingerprint density at radius 2 is 2.14 bits per heavy atom. The third-order valence-corrected chi connectivity index (χ3v) is 5.24. The molecule has 3 N–H and O–H groups in total. The van der Waals surface area contributed by atoms with Crippen molar-refractivity contribution in [1.29, 1.82) is 0 Å². The van der Waals surface area contributed by atoms with E-state index in [2.05, 4.69) is 51.5 Å². The molecule has 1 fully saturated rings. The number of carbonyl (C=O) groups excluding carboxylic acids is 2. The number of benzene rings is 1. The van der Waals surface area contributed by atoms with Gasteiger partial charge < -0.3 is 9.88 Å². The molecule has 1 aliphatic rings. The monoisotopic (exact) mass is 394 g/mol. The number of H-pyrrole nitrogens is 2.